The molecule has 1 unspecified atom stereocenters. The Hall–Kier alpha value is -1.34. The molecular weight excluding hydrogens is 256 g/mol. The molecule has 0 saturated heterocycles. The largest absolute Gasteiger partial charge is 0.325 e. The van der Waals surface area contributed by atoms with E-state index in [0.717, 1.165) is 10.0 Å². The number of amides is 1. The zero-order chi connectivity index (χ0) is 11.4. The van der Waals surface area contributed by atoms with Crippen molar-refractivity contribution in [3.05, 3.63) is 28.2 Å². The molecule has 0 aliphatic carbocycles. The summed E-state index contributed by atoms with van der Waals surface area (Å²) in [6.45, 7) is 3.51. The second kappa shape index (κ2) is 4.94. The summed E-state index contributed by atoms with van der Waals surface area (Å²) < 4.78 is 0.994. The molecule has 1 rings (SSSR count). The van der Waals surface area contributed by atoms with Crippen LogP contribution in [0.1, 0.15) is 12.5 Å². The summed E-state index contributed by atoms with van der Waals surface area (Å²) in [4.78, 5) is 11.4. The second-order valence-electron chi connectivity index (χ2n) is 3.30. The lowest BCUT2D eigenvalue weighted by molar-refractivity contribution is -0.117. The standard InChI is InChI=1S/C11H11BrN2O/c1-7-5-9(3-4-10(7)12)14-11(15)8(2)6-13/h3-5,8H,1-2H3,(H,14,15). The van der Waals surface area contributed by atoms with Gasteiger partial charge in [-0.15, -0.1) is 0 Å². The van der Waals surface area contributed by atoms with Crippen molar-refractivity contribution < 1.29 is 4.79 Å². The molecule has 1 aromatic carbocycles. The van der Waals surface area contributed by atoms with Crippen LogP contribution in [-0.2, 0) is 4.79 Å². The number of anilines is 1. The van der Waals surface area contributed by atoms with E-state index in [1.807, 2.05) is 25.1 Å². The fraction of sp³-hybridized carbons (Fsp3) is 0.273. The Morgan fingerprint density at radius 2 is 2.27 bits per heavy atom. The van der Waals surface area contributed by atoms with Crippen molar-refractivity contribution in [3.8, 4) is 6.07 Å². The molecule has 1 atom stereocenters. The van der Waals surface area contributed by atoms with Gasteiger partial charge in [0.05, 0.1) is 6.07 Å². The van der Waals surface area contributed by atoms with Gasteiger partial charge in [0.15, 0.2) is 0 Å². The molecular formula is C11H11BrN2O. The molecule has 0 bridgehead atoms. The Balaban J connectivity index is 2.78. The topological polar surface area (TPSA) is 52.9 Å². The molecule has 4 heteroatoms. The summed E-state index contributed by atoms with van der Waals surface area (Å²) in [6, 6.07) is 7.40. The minimum Gasteiger partial charge on any atom is -0.325 e. The number of hydrogen-bond donors (Lipinski definition) is 1. The van der Waals surface area contributed by atoms with Crippen molar-refractivity contribution in [1.29, 1.82) is 5.26 Å². The smallest absolute Gasteiger partial charge is 0.241 e. The van der Waals surface area contributed by atoms with Crippen LogP contribution >= 0.6 is 15.9 Å². The van der Waals surface area contributed by atoms with Crippen molar-refractivity contribution in [2.24, 2.45) is 5.92 Å². The number of halogens is 1. The molecule has 0 aromatic heterocycles. The highest BCUT2D eigenvalue weighted by Crippen LogP contribution is 2.20. The van der Waals surface area contributed by atoms with Crippen molar-refractivity contribution >= 4 is 27.5 Å². The first-order valence-electron chi connectivity index (χ1n) is 4.51. The number of rotatable bonds is 2. The third kappa shape index (κ3) is 3.07. The second-order valence-corrected chi connectivity index (χ2v) is 4.16. The number of nitriles is 1. The van der Waals surface area contributed by atoms with Gasteiger partial charge in [0.2, 0.25) is 5.91 Å². The quantitative estimate of drug-likeness (QED) is 0.895. The number of nitrogens with one attached hydrogen (secondary N) is 1. The van der Waals surface area contributed by atoms with Crippen LogP contribution in [0.4, 0.5) is 5.69 Å². The van der Waals surface area contributed by atoms with Gasteiger partial charge in [0.25, 0.3) is 0 Å². The molecule has 0 radical (unpaired) electrons. The van der Waals surface area contributed by atoms with Crippen LogP contribution in [0, 0.1) is 24.2 Å². The van der Waals surface area contributed by atoms with Gasteiger partial charge in [-0.05, 0) is 37.6 Å². The zero-order valence-corrected chi connectivity index (χ0v) is 10.1. The number of aryl methyl sites for hydroxylation is 1. The highest BCUT2D eigenvalue weighted by molar-refractivity contribution is 9.10. The number of benzene rings is 1. The molecule has 15 heavy (non-hydrogen) atoms. The fourth-order valence-electron chi connectivity index (χ4n) is 1.03. The van der Waals surface area contributed by atoms with E-state index in [2.05, 4.69) is 21.2 Å². The summed E-state index contributed by atoms with van der Waals surface area (Å²) >= 11 is 3.37. The summed E-state index contributed by atoms with van der Waals surface area (Å²) in [7, 11) is 0. The summed E-state index contributed by atoms with van der Waals surface area (Å²) in [5.41, 5.74) is 1.75. The molecule has 1 amide bonds. The predicted molar refractivity (Wildman–Crippen MR) is 62.3 cm³/mol. The molecule has 78 valence electrons. The van der Waals surface area contributed by atoms with E-state index in [4.69, 9.17) is 5.26 Å². The summed E-state index contributed by atoms with van der Waals surface area (Å²) in [5, 5.41) is 11.2. The van der Waals surface area contributed by atoms with Crippen LogP contribution in [0.2, 0.25) is 0 Å². The maximum Gasteiger partial charge on any atom is 0.241 e. The van der Waals surface area contributed by atoms with E-state index < -0.39 is 5.92 Å². The van der Waals surface area contributed by atoms with Gasteiger partial charge in [-0.25, -0.2) is 0 Å². The van der Waals surface area contributed by atoms with Gasteiger partial charge in [-0.2, -0.15) is 5.26 Å². The molecule has 0 aliphatic heterocycles. The van der Waals surface area contributed by atoms with Crippen LogP contribution in [0.15, 0.2) is 22.7 Å². The monoisotopic (exact) mass is 266 g/mol. The van der Waals surface area contributed by atoms with Gasteiger partial charge >= 0.3 is 0 Å². The van der Waals surface area contributed by atoms with E-state index >= 15 is 0 Å². The molecule has 0 fully saturated rings. The van der Waals surface area contributed by atoms with Crippen molar-refractivity contribution in [3.63, 3.8) is 0 Å². The van der Waals surface area contributed by atoms with Crippen LogP contribution < -0.4 is 5.32 Å². The average molecular weight is 267 g/mol. The van der Waals surface area contributed by atoms with Crippen molar-refractivity contribution in [1.82, 2.24) is 0 Å². The number of carbonyl (C=O) groups is 1. The van der Waals surface area contributed by atoms with Crippen molar-refractivity contribution in [2.75, 3.05) is 5.32 Å². The van der Waals surface area contributed by atoms with Crippen LogP contribution in [-0.4, -0.2) is 5.91 Å². The van der Waals surface area contributed by atoms with Crippen LogP contribution in [0.25, 0.3) is 0 Å². The maximum atomic E-state index is 11.4. The first-order chi connectivity index (χ1) is 7.04. The zero-order valence-electron chi connectivity index (χ0n) is 8.54. The lowest BCUT2D eigenvalue weighted by Crippen LogP contribution is -2.18. The first kappa shape index (κ1) is 11.7. The van der Waals surface area contributed by atoms with Crippen LogP contribution in [0.5, 0.6) is 0 Å². The molecule has 0 spiro atoms. The number of hydrogen-bond acceptors (Lipinski definition) is 2. The predicted octanol–water partition coefficient (Wildman–Crippen LogP) is 2.86. The van der Waals surface area contributed by atoms with Gasteiger partial charge < -0.3 is 5.32 Å². The normalized spacial score (nSPS) is 11.6. The van der Waals surface area contributed by atoms with E-state index in [-0.39, 0.29) is 5.91 Å². The maximum absolute atomic E-state index is 11.4. The van der Waals surface area contributed by atoms with Gasteiger partial charge in [0.1, 0.15) is 5.92 Å². The Labute approximate surface area is 97.2 Å². The Kier molecular flexibility index (Phi) is 3.87. The molecule has 1 N–H and O–H groups in total. The molecule has 0 aliphatic rings. The number of nitrogens with zero attached hydrogens (tertiary/aromatic N) is 1. The van der Waals surface area contributed by atoms with Crippen LogP contribution in [0.3, 0.4) is 0 Å². The van der Waals surface area contributed by atoms with E-state index in [1.54, 1.807) is 13.0 Å². The Morgan fingerprint density at radius 1 is 1.60 bits per heavy atom. The molecule has 3 nitrogen and oxygen atoms in total. The fourth-order valence-corrected chi connectivity index (χ4v) is 1.28. The highest BCUT2D eigenvalue weighted by atomic mass is 79.9. The highest BCUT2D eigenvalue weighted by Gasteiger charge is 2.11. The minimum absolute atomic E-state index is 0.278. The number of carbonyl (C=O) groups excluding carboxylic acids is 1. The van der Waals surface area contributed by atoms with Gasteiger partial charge in [0, 0.05) is 10.2 Å². The van der Waals surface area contributed by atoms with E-state index in [0.29, 0.717) is 5.69 Å². The summed E-state index contributed by atoms with van der Waals surface area (Å²) in [6.07, 6.45) is 0. The minimum atomic E-state index is -0.631. The first-order valence-corrected chi connectivity index (χ1v) is 5.30. The average Bonchev–Trinajstić information content (AvgIpc) is 2.22. The lowest BCUT2D eigenvalue weighted by Gasteiger charge is -2.07. The molecule has 1 aromatic rings. The SMILES string of the molecule is Cc1cc(NC(=O)C(C)C#N)ccc1Br. The van der Waals surface area contributed by atoms with Gasteiger partial charge in [-0.1, -0.05) is 15.9 Å². The third-order valence-electron chi connectivity index (χ3n) is 2.01. The van der Waals surface area contributed by atoms with Gasteiger partial charge in [-0.3, -0.25) is 4.79 Å². The Bertz CT molecular complexity index is 423. The lowest BCUT2D eigenvalue weighted by atomic mass is 10.1. The Morgan fingerprint density at radius 3 is 2.80 bits per heavy atom. The molecule has 0 heterocycles. The summed E-state index contributed by atoms with van der Waals surface area (Å²) in [5.74, 6) is -0.909. The van der Waals surface area contributed by atoms with Crippen molar-refractivity contribution in [2.45, 2.75) is 13.8 Å². The van der Waals surface area contributed by atoms with E-state index in [1.165, 1.54) is 0 Å². The third-order valence-corrected chi connectivity index (χ3v) is 2.90. The van der Waals surface area contributed by atoms with E-state index in [9.17, 15) is 4.79 Å². The molecule has 0 saturated carbocycles.